The molecule has 0 saturated heterocycles. The van der Waals surface area contributed by atoms with Crippen molar-refractivity contribution in [3.8, 4) is 0 Å². The number of allylic oxidation sites excluding steroid dienone is 2. The third-order valence-electron chi connectivity index (χ3n) is 1.82. The summed E-state index contributed by atoms with van der Waals surface area (Å²) in [4.78, 5) is 29.4. The van der Waals surface area contributed by atoms with E-state index in [1.54, 1.807) is 6.08 Å². The van der Waals surface area contributed by atoms with E-state index in [0.717, 1.165) is 11.3 Å². The van der Waals surface area contributed by atoms with Crippen LogP contribution in [0.2, 0.25) is 0 Å². The van der Waals surface area contributed by atoms with E-state index in [0.29, 0.717) is 11.6 Å². The van der Waals surface area contributed by atoms with Gasteiger partial charge in [0.2, 0.25) is 0 Å². The maximum Gasteiger partial charge on any atom is 0.251 e. The van der Waals surface area contributed by atoms with Crippen molar-refractivity contribution >= 4 is 17.5 Å². The second-order valence-corrected chi connectivity index (χ2v) is 4.03. The maximum atomic E-state index is 10.9. The van der Waals surface area contributed by atoms with E-state index in [1.165, 1.54) is 24.0 Å². The summed E-state index contributed by atoms with van der Waals surface area (Å²) >= 11 is 1.34. The molecule has 2 rings (SSSR count). The van der Waals surface area contributed by atoms with Gasteiger partial charge in [-0.25, -0.2) is 4.98 Å². The average molecular weight is 208 g/mol. The molecule has 0 amide bonds. The summed E-state index contributed by atoms with van der Waals surface area (Å²) in [6.45, 7) is 0. The SMILES string of the molecule is O=C1C=C(Sc2nccc(=O)[nH]2)CC1. The van der Waals surface area contributed by atoms with Crippen LogP contribution in [0.4, 0.5) is 0 Å². The van der Waals surface area contributed by atoms with Crippen molar-refractivity contribution in [2.24, 2.45) is 0 Å². The number of rotatable bonds is 2. The zero-order valence-corrected chi connectivity index (χ0v) is 8.13. The number of nitrogens with zero attached hydrogens (tertiary/aromatic N) is 1. The first kappa shape index (κ1) is 9.21. The van der Waals surface area contributed by atoms with Gasteiger partial charge in [0.15, 0.2) is 10.9 Å². The van der Waals surface area contributed by atoms with Crippen LogP contribution in [-0.4, -0.2) is 15.8 Å². The van der Waals surface area contributed by atoms with Crippen LogP contribution in [0.5, 0.6) is 0 Å². The Morgan fingerprint density at radius 2 is 2.21 bits per heavy atom. The number of H-pyrrole nitrogens is 1. The molecule has 0 unspecified atom stereocenters. The highest BCUT2D eigenvalue weighted by atomic mass is 32.2. The number of carbonyl (C=O) groups is 1. The molecular formula is C9H8N2O2S. The van der Waals surface area contributed by atoms with Gasteiger partial charge in [0.05, 0.1) is 0 Å². The van der Waals surface area contributed by atoms with Gasteiger partial charge in [-0.2, -0.15) is 0 Å². The Labute approximate surface area is 84.4 Å². The molecule has 0 aromatic carbocycles. The van der Waals surface area contributed by atoms with Crippen LogP contribution in [0.1, 0.15) is 12.8 Å². The Morgan fingerprint density at radius 3 is 2.86 bits per heavy atom. The van der Waals surface area contributed by atoms with E-state index in [1.807, 2.05) is 0 Å². The Kier molecular flexibility index (Phi) is 2.49. The number of hydrogen-bond acceptors (Lipinski definition) is 4. The van der Waals surface area contributed by atoms with Crippen molar-refractivity contribution in [3.63, 3.8) is 0 Å². The van der Waals surface area contributed by atoms with Crippen molar-refractivity contribution < 1.29 is 4.79 Å². The number of nitrogens with one attached hydrogen (secondary N) is 1. The van der Waals surface area contributed by atoms with Crippen molar-refractivity contribution in [2.75, 3.05) is 0 Å². The highest BCUT2D eigenvalue weighted by molar-refractivity contribution is 8.03. The number of ketones is 1. The van der Waals surface area contributed by atoms with Crippen LogP contribution in [0.15, 0.2) is 33.2 Å². The van der Waals surface area contributed by atoms with Gasteiger partial charge in [-0.1, -0.05) is 11.8 Å². The molecule has 5 heteroatoms. The normalized spacial score (nSPS) is 15.7. The quantitative estimate of drug-likeness (QED) is 0.739. The summed E-state index contributed by atoms with van der Waals surface area (Å²) < 4.78 is 0. The second-order valence-electron chi connectivity index (χ2n) is 2.92. The molecule has 1 N–H and O–H groups in total. The topological polar surface area (TPSA) is 62.8 Å². The van der Waals surface area contributed by atoms with E-state index < -0.39 is 0 Å². The largest absolute Gasteiger partial charge is 0.301 e. The zero-order valence-electron chi connectivity index (χ0n) is 7.32. The minimum absolute atomic E-state index is 0.144. The van der Waals surface area contributed by atoms with Gasteiger partial charge < -0.3 is 4.98 Å². The fourth-order valence-electron chi connectivity index (χ4n) is 1.18. The number of aromatic amines is 1. The number of hydrogen-bond donors (Lipinski definition) is 1. The summed E-state index contributed by atoms with van der Waals surface area (Å²) in [6.07, 6.45) is 4.39. The summed E-state index contributed by atoms with van der Waals surface area (Å²) in [6, 6.07) is 1.36. The summed E-state index contributed by atoms with van der Waals surface area (Å²) in [5, 5.41) is 0.540. The minimum Gasteiger partial charge on any atom is -0.301 e. The van der Waals surface area contributed by atoms with Crippen molar-refractivity contribution in [3.05, 3.63) is 33.6 Å². The highest BCUT2D eigenvalue weighted by Gasteiger charge is 2.13. The van der Waals surface area contributed by atoms with Gasteiger partial charge in [0.25, 0.3) is 5.56 Å². The Morgan fingerprint density at radius 1 is 1.36 bits per heavy atom. The van der Waals surface area contributed by atoms with Crippen molar-refractivity contribution in [2.45, 2.75) is 18.0 Å². The van der Waals surface area contributed by atoms with E-state index in [2.05, 4.69) is 9.97 Å². The first-order valence-electron chi connectivity index (χ1n) is 4.20. The summed E-state index contributed by atoms with van der Waals surface area (Å²) in [5.74, 6) is 0.144. The molecule has 14 heavy (non-hydrogen) atoms. The molecule has 0 bridgehead atoms. The Bertz CT molecular complexity index is 450. The average Bonchev–Trinajstić information content (AvgIpc) is 2.51. The molecule has 0 aliphatic heterocycles. The van der Waals surface area contributed by atoms with Crippen LogP contribution in [0.3, 0.4) is 0 Å². The first-order chi connectivity index (χ1) is 6.74. The van der Waals surface area contributed by atoms with Gasteiger partial charge in [-0.15, -0.1) is 0 Å². The lowest BCUT2D eigenvalue weighted by molar-refractivity contribution is -0.114. The molecule has 1 aliphatic rings. The van der Waals surface area contributed by atoms with Crippen LogP contribution < -0.4 is 5.56 Å². The predicted molar refractivity (Wildman–Crippen MR) is 53.0 cm³/mol. The highest BCUT2D eigenvalue weighted by Crippen LogP contribution is 2.30. The monoisotopic (exact) mass is 208 g/mol. The Hall–Kier alpha value is -1.36. The molecule has 0 fully saturated rings. The van der Waals surface area contributed by atoms with E-state index in [4.69, 9.17) is 0 Å². The van der Waals surface area contributed by atoms with Gasteiger partial charge in [-0.05, 0) is 17.4 Å². The lowest BCUT2D eigenvalue weighted by Crippen LogP contribution is -2.04. The van der Waals surface area contributed by atoms with E-state index >= 15 is 0 Å². The number of carbonyl (C=O) groups excluding carboxylic acids is 1. The van der Waals surface area contributed by atoms with Gasteiger partial charge >= 0.3 is 0 Å². The summed E-state index contributed by atoms with van der Waals surface area (Å²) in [7, 11) is 0. The summed E-state index contributed by atoms with van der Waals surface area (Å²) in [5.41, 5.74) is -0.174. The van der Waals surface area contributed by atoms with Gasteiger partial charge in [0.1, 0.15) is 0 Å². The van der Waals surface area contributed by atoms with E-state index in [-0.39, 0.29) is 11.3 Å². The van der Waals surface area contributed by atoms with Crippen LogP contribution in [0, 0.1) is 0 Å². The molecular weight excluding hydrogens is 200 g/mol. The minimum atomic E-state index is -0.174. The van der Waals surface area contributed by atoms with Gasteiger partial charge in [0, 0.05) is 18.7 Å². The number of thioether (sulfide) groups is 1. The van der Waals surface area contributed by atoms with Crippen LogP contribution >= 0.6 is 11.8 Å². The molecule has 1 aliphatic carbocycles. The molecule has 72 valence electrons. The molecule has 1 heterocycles. The molecule has 1 aromatic rings. The third kappa shape index (κ3) is 2.11. The van der Waals surface area contributed by atoms with Crippen LogP contribution in [-0.2, 0) is 4.79 Å². The van der Waals surface area contributed by atoms with Gasteiger partial charge in [-0.3, -0.25) is 9.59 Å². The molecule has 1 aromatic heterocycles. The smallest absolute Gasteiger partial charge is 0.251 e. The third-order valence-corrected chi connectivity index (χ3v) is 2.80. The lowest BCUT2D eigenvalue weighted by Gasteiger charge is -1.98. The standard InChI is InChI=1S/C9H8N2O2S/c12-6-1-2-7(5-6)14-9-10-4-3-8(13)11-9/h3-5H,1-2H2,(H,10,11,13). The van der Waals surface area contributed by atoms with Crippen LogP contribution in [0.25, 0.3) is 0 Å². The lowest BCUT2D eigenvalue weighted by atomic mass is 10.3. The fourth-order valence-corrected chi connectivity index (χ4v) is 2.09. The zero-order chi connectivity index (χ0) is 9.97. The second kappa shape index (κ2) is 3.79. The van der Waals surface area contributed by atoms with Crippen molar-refractivity contribution in [1.82, 2.24) is 9.97 Å². The number of aromatic nitrogens is 2. The molecule has 0 saturated carbocycles. The molecule has 0 atom stereocenters. The fraction of sp³-hybridized carbons (Fsp3) is 0.222. The van der Waals surface area contributed by atoms with E-state index in [9.17, 15) is 9.59 Å². The van der Waals surface area contributed by atoms with Crippen molar-refractivity contribution in [1.29, 1.82) is 0 Å². The Balaban J connectivity index is 2.15. The maximum absolute atomic E-state index is 10.9. The molecule has 0 radical (unpaired) electrons. The first-order valence-corrected chi connectivity index (χ1v) is 5.02. The molecule has 4 nitrogen and oxygen atoms in total. The predicted octanol–water partition coefficient (Wildman–Crippen LogP) is 1.11. The molecule has 0 spiro atoms.